The van der Waals surface area contributed by atoms with Gasteiger partial charge in [0.15, 0.2) is 0 Å². The summed E-state index contributed by atoms with van der Waals surface area (Å²) >= 11 is 0. The maximum absolute atomic E-state index is 14.0. The van der Waals surface area contributed by atoms with Crippen LogP contribution in [0.1, 0.15) is 65.5 Å². The minimum atomic E-state index is -4.64. The van der Waals surface area contributed by atoms with Gasteiger partial charge in [-0.05, 0) is 30.9 Å². The van der Waals surface area contributed by atoms with Gasteiger partial charge in [0.25, 0.3) is 0 Å². The number of halogens is 3. The third kappa shape index (κ3) is 7.36. The van der Waals surface area contributed by atoms with E-state index >= 15 is 0 Å². The lowest BCUT2D eigenvalue weighted by Gasteiger charge is -2.34. The Hall–Kier alpha value is -2.54. The maximum atomic E-state index is 14.0. The van der Waals surface area contributed by atoms with Gasteiger partial charge in [-0.15, -0.1) is 0 Å². The average Bonchev–Trinajstić information content (AvgIpc) is 3.49. The van der Waals surface area contributed by atoms with Crippen LogP contribution in [0.5, 0.6) is 0 Å². The van der Waals surface area contributed by atoms with Crippen molar-refractivity contribution in [1.29, 1.82) is 0 Å². The SMILES string of the molecule is C/C(=C\c1coc(CO)n1)[C@@H]1C/C=C(/C(F)(F)F)CC2NC2[C@H](C)[C@H](O)[C@@H](C)C(=O)C(C)(C)[C@@H](O)CC(=O)O1. The third-order valence-corrected chi connectivity index (χ3v) is 7.83. The summed E-state index contributed by atoms with van der Waals surface area (Å²) in [6, 6.07) is -0.980. The van der Waals surface area contributed by atoms with Crippen LogP contribution in [0, 0.1) is 17.3 Å². The van der Waals surface area contributed by atoms with Crippen LogP contribution < -0.4 is 5.32 Å². The van der Waals surface area contributed by atoms with E-state index in [4.69, 9.17) is 14.3 Å². The summed E-state index contributed by atoms with van der Waals surface area (Å²) < 4.78 is 52.4. The lowest BCUT2D eigenvalue weighted by Crippen LogP contribution is -2.46. The van der Waals surface area contributed by atoms with Crippen LogP contribution in [0.4, 0.5) is 13.2 Å². The number of carbonyl (C=O) groups excluding carboxylic acids is 2. The van der Waals surface area contributed by atoms with E-state index in [1.807, 2.05) is 0 Å². The van der Waals surface area contributed by atoms with Crippen molar-refractivity contribution in [1.82, 2.24) is 10.3 Å². The first kappa shape index (κ1) is 31.0. The number of nitrogens with zero attached hydrogens (tertiary/aromatic N) is 1. The van der Waals surface area contributed by atoms with Gasteiger partial charge in [0, 0.05) is 30.0 Å². The highest BCUT2D eigenvalue weighted by Crippen LogP contribution is 2.38. The Morgan fingerprint density at radius 1 is 1.23 bits per heavy atom. The van der Waals surface area contributed by atoms with Crippen LogP contribution in [-0.2, 0) is 20.9 Å². The first-order chi connectivity index (χ1) is 18.1. The summed E-state index contributed by atoms with van der Waals surface area (Å²) in [6.07, 6.45) is -5.94. The molecule has 1 aromatic heterocycles. The molecule has 1 fully saturated rings. The molecule has 0 radical (unpaired) electrons. The van der Waals surface area contributed by atoms with Gasteiger partial charge >= 0.3 is 12.1 Å². The minimum absolute atomic E-state index is 0.0402. The fourth-order valence-electron chi connectivity index (χ4n) is 5.01. The molecule has 2 aliphatic heterocycles. The first-order valence-electron chi connectivity index (χ1n) is 12.9. The molecule has 2 aliphatic rings. The smallest absolute Gasteiger partial charge is 0.412 e. The molecule has 3 rings (SSSR count). The number of nitrogens with one attached hydrogen (secondary N) is 1. The zero-order valence-corrected chi connectivity index (χ0v) is 22.7. The van der Waals surface area contributed by atoms with Crippen LogP contribution in [0.15, 0.2) is 27.9 Å². The summed E-state index contributed by atoms with van der Waals surface area (Å²) in [7, 11) is 0. The van der Waals surface area contributed by atoms with E-state index in [9.17, 15) is 33.0 Å². The van der Waals surface area contributed by atoms with E-state index in [0.29, 0.717) is 5.57 Å². The number of rotatable bonds is 3. The van der Waals surface area contributed by atoms with E-state index in [1.54, 1.807) is 13.8 Å². The van der Waals surface area contributed by atoms with Crippen molar-refractivity contribution >= 4 is 17.8 Å². The Morgan fingerprint density at radius 3 is 2.49 bits per heavy atom. The molecule has 4 N–H and O–H groups in total. The first-order valence-corrected chi connectivity index (χ1v) is 12.9. The number of aliphatic hydroxyl groups is 3. The van der Waals surface area contributed by atoms with Gasteiger partial charge in [0.05, 0.1) is 24.0 Å². The topological polar surface area (TPSA) is 152 Å². The molecule has 7 atom stereocenters. The number of alkyl halides is 3. The fraction of sp³-hybridized carbons (Fsp3) is 0.667. The van der Waals surface area contributed by atoms with Crippen molar-refractivity contribution in [3.8, 4) is 0 Å². The number of carbonyl (C=O) groups is 2. The summed E-state index contributed by atoms with van der Waals surface area (Å²) in [6.45, 7) is 7.24. The largest absolute Gasteiger partial charge is 0.457 e. The van der Waals surface area contributed by atoms with E-state index in [-0.39, 0.29) is 24.4 Å². The monoisotopic (exact) mass is 558 g/mol. The molecular formula is C27H37F3N2O7. The highest BCUT2D eigenvalue weighted by molar-refractivity contribution is 5.88. The molecule has 39 heavy (non-hydrogen) atoms. The second-order valence-corrected chi connectivity index (χ2v) is 11.1. The molecule has 12 heteroatoms. The second kappa shape index (κ2) is 11.9. The Morgan fingerprint density at radius 2 is 1.90 bits per heavy atom. The molecule has 1 saturated heterocycles. The Bertz CT molecular complexity index is 1110. The Labute approximate surface area is 225 Å². The molecule has 0 bridgehead atoms. The number of aliphatic hydroxyl groups excluding tert-OH is 3. The number of esters is 1. The van der Waals surface area contributed by atoms with Gasteiger partial charge in [0.2, 0.25) is 5.89 Å². The number of Topliss-reactive ketones (excluding diaryl/α,β-unsaturated/α-hetero) is 1. The quantitative estimate of drug-likeness (QED) is 0.249. The molecule has 3 heterocycles. The van der Waals surface area contributed by atoms with Crippen molar-refractivity contribution < 1.29 is 47.2 Å². The second-order valence-electron chi connectivity index (χ2n) is 11.1. The number of ether oxygens (including phenoxy) is 1. The molecule has 0 aromatic carbocycles. The molecule has 0 saturated carbocycles. The fourth-order valence-corrected chi connectivity index (χ4v) is 5.01. The van der Waals surface area contributed by atoms with Crippen molar-refractivity contribution in [3.63, 3.8) is 0 Å². The number of oxazole rings is 1. The summed E-state index contributed by atoms with van der Waals surface area (Å²) in [5, 5.41) is 33.8. The number of fused-ring (bicyclic) bond motifs is 1. The van der Waals surface area contributed by atoms with Crippen molar-refractivity contribution in [3.05, 3.63) is 35.1 Å². The molecule has 2 unspecified atom stereocenters. The van der Waals surface area contributed by atoms with Crippen molar-refractivity contribution in [2.24, 2.45) is 17.3 Å². The number of hydrogen-bond acceptors (Lipinski definition) is 9. The lowest BCUT2D eigenvalue weighted by molar-refractivity contribution is -0.154. The van der Waals surface area contributed by atoms with Gasteiger partial charge in [0.1, 0.15) is 30.5 Å². The van der Waals surface area contributed by atoms with Gasteiger partial charge in [-0.2, -0.15) is 13.2 Å². The molecule has 0 aliphatic carbocycles. The van der Waals surface area contributed by atoms with Gasteiger partial charge < -0.3 is 29.8 Å². The molecule has 9 nitrogen and oxygen atoms in total. The van der Waals surface area contributed by atoms with Crippen LogP contribution in [0.3, 0.4) is 0 Å². The summed E-state index contributed by atoms with van der Waals surface area (Å²) in [5.41, 5.74) is -1.58. The number of cyclic esters (lactones) is 1. The van der Waals surface area contributed by atoms with E-state index in [1.165, 1.54) is 33.1 Å². The highest BCUT2D eigenvalue weighted by atomic mass is 19.4. The number of aromatic nitrogens is 1. The van der Waals surface area contributed by atoms with Crippen molar-refractivity contribution in [2.75, 3.05) is 0 Å². The third-order valence-electron chi connectivity index (χ3n) is 7.83. The van der Waals surface area contributed by atoms with Crippen LogP contribution in [-0.4, -0.2) is 68.6 Å². The molecule has 1 aromatic rings. The average molecular weight is 559 g/mol. The van der Waals surface area contributed by atoms with Gasteiger partial charge in [-0.25, -0.2) is 4.98 Å². The molecular weight excluding hydrogens is 521 g/mol. The predicted octanol–water partition coefficient (Wildman–Crippen LogP) is 3.08. The molecule has 218 valence electrons. The number of ketones is 1. The van der Waals surface area contributed by atoms with E-state index < -0.39 is 84.2 Å². The highest BCUT2D eigenvalue weighted by Gasteiger charge is 2.49. The summed E-state index contributed by atoms with van der Waals surface area (Å²) in [5.74, 6) is -2.80. The van der Waals surface area contributed by atoms with Gasteiger partial charge in [-0.3, -0.25) is 9.59 Å². The van der Waals surface area contributed by atoms with Crippen LogP contribution in [0.2, 0.25) is 0 Å². The Kier molecular flexibility index (Phi) is 9.47. The van der Waals surface area contributed by atoms with Crippen LogP contribution in [0.25, 0.3) is 6.08 Å². The van der Waals surface area contributed by atoms with E-state index in [0.717, 1.165) is 6.08 Å². The molecule has 0 spiro atoms. The normalized spacial score (nSPS) is 34.6. The van der Waals surface area contributed by atoms with Crippen LogP contribution >= 0.6 is 0 Å². The van der Waals surface area contributed by atoms with Crippen molar-refractivity contribution in [2.45, 2.75) is 97.1 Å². The molecule has 0 amide bonds. The van der Waals surface area contributed by atoms with E-state index in [2.05, 4.69) is 10.3 Å². The predicted molar refractivity (Wildman–Crippen MR) is 134 cm³/mol. The zero-order valence-electron chi connectivity index (χ0n) is 22.7. The number of hydrogen-bond donors (Lipinski definition) is 4. The standard InChI is InChI=1S/C27H37F3N2O7/c1-13(8-17-12-38-21(11-33)31-17)19-7-6-16(27(28,29)30)9-18-23(32-18)14(2)24(36)15(3)25(37)26(4,5)20(34)10-22(35)39-19/h6,8,12,14-15,18-20,23-24,32-34,36H,7,9-11H2,1-5H3/b13-8+,16-6+/t14-,15+,18?,19-,20-,23?,24-/m0/s1. The lowest BCUT2D eigenvalue weighted by atomic mass is 9.73. The zero-order chi connectivity index (χ0) is 29.3. The van der Waals surface area contributed by atoms with Gasteiger partial charge in [-0.1, -0.05) is 33.8 Å². The maximum Gasteiger partial charge on any atom is 0.412 e. The minimum Gasteiger partial charge on any atom is -0.457 e. The Balaban J connectivity index is 1.98. The summed E-state index contributed by atoms with van der Waals surface area (Å²) in [4.78, 5) is 30.1.